The number of hydrogen-bond acceptors (Lipinski definition) is 1. The largest absolute Gasteiger partial charge is 0.310 e. The molecule has 1 fully saturated rings. The second-order valence-corrected chi connectivity index (χ2v) is 15.9. The Morgan fingerprint density at radius 2 is 1.09 bits per heavy atom. The van der Waals surface area contributed by atoms with Crippen molar-refractivity contribution in [3.05, 3.63) is 206 Å². The van der Waals surface area contributed by atoms with Crippen molar-refractivity contribution >= 4 is 60.4 Å². The molecule has 1 aromatic heterocycles. The minimum absolute atomic E-state index is 0.594. The average Bonchev–Trinajstić information content (AvgIpc) is 3.63. The highest BCUT2D eigenvalue weighted by molar-refractivity contribution is 6.10. The summed E-state index contributed by atoms with van der Waals surface area (Å²) in [6.07, 6.45) is 6.51. The van der Waals surface area contributed by atoms with Gasteiger partial charge in [-0.3, -0.25) is 0 Å². The molecule has 0 spiro atoms. The molecule has 1 aliphatic rings. The van der Waals surface area contributed by atoms with Crippen molar-refractivity contribution in [2.75, 3.05) is 4.90 Å². The van der Waals surface area contributed by atoms with Crippen molar-refractivity contribution in [1.82, 2.24) is 4.57 Å². The van der Waals surface area contributed by atoms with Gasteiger partial charge in [0.2, 0.25) is 0 Å². The van der Waals surface area contributed by atoms with E-state index in [9.17, 15) is 0 Å². The zero-order valence-corrected chi connectivity index (χ0v) is 32.6. The molecule has 9 aromatic carbocycles. The molecule has 0 atom stereocenters. The monoisotopic (exact) mass is 744 g/mol. The maximum atomic E-state index is 2.48. The van der Waals surface area contributed by atoms with Crippen LogP contribution < -0.4 is 4.90 Å². The van der Waals surface area contributed by atoms with Crippen LogP contribution in [0.25, 0.3) is 71.3 Å². The fraction of sp³-hybridized carbons (Fsp3) is 0.107. The number of anilines is 3. The Hall–Kier alpha value is -6.90. The molecule has 1 saturated carbocycles. The zero-order chi connectivity index (χ0) is 38.4. The lowest BCUT2D eigenvalue weighted by atomic mass is 9.80. The predicted octanol–water partition coefficient (Wildman–Crippen LogP) is 15.9. The first-order chi connectivity index (χ1) is 28.8. The highest BCUT2D eigenvalue weighted by Gasteiger charge is 2.23. The van der Waals surface area contributed by atoms with E-state index in [-0.39, 0.29) is 0 Å². The van der Waals surface area contributed by atoms with E-state index >= 15 is 0 Å². The van der Waals surface area contributed by atoms with E-state index in [4.69, 9.17) is 0 Å². The average molecular weight is 745 g/mol. The second kappa shape index (κ2) is 14.6. The summed E-state index contributed by atoms with van der Waals surface area (Å²) in [6.45, 7) is 0. The molecule has 0 unspecified atom stereocenters. The lowest BCUT2D eigenvalue weighted by Crippen LogP contribution is -2.11. The topological polar surface area (TPSA) is 8.17 Å². The van der Waals surface area contributed by atoms with Gasteiger partial charge in [-0.1, -0.05) is 165 Å². The molecule has 0 radical (unpaired) electrons. The van der Waals surface area contributed by atoms with Crippen LogP contribution in [0.5, 0.6) is 0 Å². The van der Waals surface area contributed by atoms with E-state index < -0.39 is 0 Å². The first kappa shape index (κ1) is 34.4. The Bertz CT molecular complexity index is 3110. The van der Waals surface area contributed by atoms with Gasteiger partial charge in [-0.15, -0.1) is 0 Å². The fourth-order valence-corrected chi connectivity index (χ4v) is 9.82. The third kappa shape index (κ3) is 5.96. The van der Waals surface area contributed by atoms with Crippen molar-refractivity contribution in [1.29, 1.82) is 0 Å². The molecule has 2 nitrogen and oxygen atoms in total. The van der Waals surface area contributed by atoms with Crippen LogP contribution in [0.3, 0.4) is 0 Å². The molecule has 278 valence electrons. The Morgan fingerprint density at radius 3 is 1.98 bits per heavy atom. The van der Waals surface area contributed by atoms with Crippen LogP contribution in [0, 0.1) is 0 Å². The van der Waals surface area contributed by atoms with Crippen molar-refractivity contribution in [2.24, 2.45) is 0 Å². The maximum Gasteiger partial charge on any atom is 0.0547 e. The Morgan fingerprint density at radius 1 is 0.414 bits per heavy atom. The second-order valence-electron chi connectivity index (χ2n) is 15.9. The molecule has 10 aromatic rings. The molecule has 58 heavy (non-hydrogen) atoms. The zero-order valence-electron chi connectivity index (χ0n) is 32.6. The summed E-state index contributed by atoms with van der Waals surface area (Å²) >= 11 is 0. The van der Waals surface area contributed by atoms with Crippen LogP contribution in [0.2, 0.25) is 0 Å². The summed E-state index contributed by atoms with van der Waals surface area (Å²) in [5, 5.41) is 7.70. The Balaban J connectivity index is 1.11. The van der Waals surface area contributed by atoms with Gasteiger partial charge >= 0.3 is 0 Å². The minimum atomic E-state index is 0.594. The molecule has 0 amide bonds. The SMILES string of the molecule is c1ccc(-n2c3ccccc3c3ccc(-c4cccc(N(c5ccc6ccccc6c5)c5ccccc5-c5cccc6cccc(C7CCCCC7)c56)c4)cc32)cc1. The summed E-state index contributed by atoms with van der Waals surface area (Å²) < 4.78 is 2.40. The summed E-state index contributed by atoms with van der Waals surface area (Å²) in [5.41, 5.74) is 13.4. The summed E-state index contributed by atoms with van der Waals surface area (Å²) in [4.78, 5) is 2.48. The number of nitrogens with zero attached hydrogens (tertiary/aromatic N) is 2. The third-order valence-electron chi connectivity index (χ3n) is 12.5. The highest BCUT2D eigenvalue weighted by Crippen LogP contribution is 2.47. The number of aromatic nitrogens is 1. The van der Waals surface area contributed by atoms with E-state index in [0.29, 0.717) is 5.92 Å². The molecule has 0 aliphatic heterocycles. The van der Waals surface area contributed by atoms with Crippen molar-refractivity contribution in [2.45, 2.75) is 38.0 Å². The van der Waals surface area contributed by atoms with Crippen LogP contribution >= 0.6 is 0 Å². The lowest BCUT2D eigenvalue weighted by Gasteiger charge is -2.29. The van der Waals surface area contributed by atoms with Gasteiger partial charge in [0.05, 0.1) is 16.7 Å². The number of fused-ring (bicyclic) bond motifs is 5. The van der Waals surface area contributed by atoms with Crippen LogP contribution in [-0.2, 0) is 0 Å². The van der Waals surface area contributed by atoms with Gasteiger partial charge in [-0.05, 0) is 117 Å². The van der Waals surface area contributed by atoms with Gasteiger partial charge in [0.25, 0.3) is 0 Å². The van der Waals surface area contributed by atoms with Crippen molar-refractivity contribution in [3.63, 3.8) is 0 Å². The molecular weight excluding hydrogens is 701 g/mol. The summed E-state index contributed by atoms with van der Waals surface area (Å²) in [6, 6.07) is 74.1. The van der Waals surface area contributed by atoms with Gasteiger partial charge < -0.3 is 9.47 Å². The van der Waals surface area contributed by atoms with E-state index in [1.165, 1.54) is 115 Å². The molecular formula is C56H44N2. The minimum Gasteiger partial charge on any atom is -0.310 e. The van der Waals surface area contributed by atoms with Gasteiger partial charge in [0, 0.05) is 33.4 Å². The molecule has 0 saturated heterocycles. The molecule has 1 aliphatic carbocycles. The van der Waals surface area contributed by atoms with Crippen molar-refractivity contribution in [3.8, 4) is 27.9 Å². The molecule has 0 bridgehead atoms. The summed E-state index contributed by atoms with van der Waals surface area (Å²) in [7, 11) is 0. The predicted molar refractivity (Wildman–Crippen MR) is 247 cm³/mol. The fourth-order valence-electron chi connectivity index (χ4n) is 9.82. The number of benzene rings is 9. The van der Waals surface area contributed by atoms with Crippen LogP contribution in [-0.4, -0.2) is 4.57 Å². The van der Waals surface area contributed by atoms with Crippen LogP contribution in [0.15, 0.2) is 200 Å². The van der Waals surface area contributed by atoms with Crippen molar-refractivity contribution < 1.29 is 0 Å². The number of hydrogen-bond donors (Lipinski definition) is 0. The first-order valence-electron chi connectivity index (χ1n) is 20.9. The van der Waals surface area contributed by atoms with E-state index in [2.05, 4.69) is 210 Å². The number of rotatable bonds is 7. The van der Waals surface area contributed by atoms with E-state index in [1.54, 1.807) is 0 Å². The first-order valence-corrected chi connectivity index (χ1v) is 20.9. The van der Waals surface area contributed by atoms with Crippen LogP contribution in [0.4, 0.5) is 17.1 Å². The molecule has 1 heterocycles. The Labute approximate surface area is 340 Å². The number of para-hydroxylation sites is 3. The van der Waals surface area contributed by atoms with E-state index in [0.717, 1.165) is 11.4 Å². The van der Waals surface area contributed by atoms with Crippen LogP contribution in [0.1, 0.15) is 43.6 Å². The summed E-state index contributed by atoms with van der Waals surface area (Å²) in [5.74, 6) is 0.594. The molecule has 0 N–H and O–H groups in total. The highest BCUT2D eigenvalue weighted by atomic mass is 15.1. The Kier molecular flexibility index (Phi) is 8.62. The van der Waals surface area contributed by atoms with Gasteiger partial charge in [0.15, 0.2) is 0 Å². The normalized spacial score (nSPS) is 13.4. The third-order valence-corrected chi connectivity index (χ3v) is 12.5. The molecule has 11 rings (SSSR count). The quantitative estimate of drug-likeness (QED) is 0.158. The van der Waals surface area contributed by atoms with Gasteiger partial charge in [-0.2, -0.15) is 0 Å². The van der Waals surface area contributed by atoms with Gasteiger partial charge in [0.1, 0.15) is 0 Å². The standard InChI is InChI=1S/C56H44N2/c1-3-17-40(18-4-1)48-28-14-20-41-21-15-29-52(56(41)48)50-27-10-11-30-53(50)57(47-34-32-39-16-7-8-19-42(39)36-47)46-25-13-22-43(37-46)44-33-35-51-49-26-9-12-31-54(49)58(55(51)38-44)45-23-5-2-6-24-45/h2,5-16,19-38,40H,1,3-4,17-18H2. The lowest BCUT2D eigenvalue weighted by molar-refractivity contribution is 0.445. The van der Waals surface area contributed by atoms with E-state index in [1.807, 2.05) is 0 Å². The smallest absolute Gasteiger partial charge is 0.0547 e. The van der Waals surface area contributed by atoms with Gasteiger partial charge in [-0.25, -0.2) is 0 Å². The maximum absolute atomic E-state index is 2.48. The molecule has 2 heteroatoms.